The molecule has 10 heteroatoms. The summed E-state index contributed by atoms with van der Waals surface area (Å²) in [5, 5.41) is 0. The molecule has 330 valence electrons. The summed E-state index contributed by atoms with van der Waals surface area (Å²) in [7, 11) is 8.59. The van der Waals surface area contributed by atoms with Crippen molar-refractivity contribution >= 4 is 23.2 Å². The molecule has 0 aliphatic carbocycles. The van der Waals surface area contributed by atoms with Crippen molar-refractivity contribution in [2.45, 2.75) is 172 Å². The molecule has 0 aromatic carbocycles. The first-order chi connectivity index (χ1) is 24.3. The monoisotopic (exact) mass is 819 g/mol. The van der Waals surface area contributed by atoms with Gasteiger partial charge in [-0.05, 0) is 105 Å². The molecule has 55 heavy (non-hydrogen) atoms. The summed E-state index contributed by atoms with van der Waals surface area (Å²) in [5.41, 5.74) is 2.44. The first-order valence-electron chi connectivity index (χ1n) is 21.4. The van der Waals surface area contributed by atoms with Gasteiger partial charge in [0.2, 0.25) is 0 Å². The Morgan fingerprint density at radius 2 is 0.709 bits per heavy atom. The zero-order valence-corrected chi connectivity index (χ0v) is 42.8. The Morgan fingerprint density at radius 3 is 1.05 bits per heavy atom. The van der Waals surface area contributed by atoms with Crippen LogP contribution >= 0.6 is 23.2 Å². The fourth-order valence-corrected chi connectivity index (χ4v) is 7.60. The predicted molar refractivity (Wildman–Crippen MR) is 245 cm³/mol. The minimum Gasteiger partial charge on any atom is -0.302 e. The Morgan fingerprint density at radius 1 is 0.345 bits per heavy atom. The number of alkyl halides is 2. The van der Waals surface area contributed by atoms with Gasteiger partial charge in [0.1, 0.15) is 0 Å². The third-order valence-corrected chi connectivity index (χ3v) is 16.4. The van der Waals surface area contributed by atoms with Crippen molar-refractivity contribution < 1.29 is 0 Å². The zero-order valence-electron chi connectivity index (χ0n) is 41.3. The van der Waals surface area contributed by atoms with E-state index in [9.17, 15) is 0 Å². The number of nitrogens with zero attached hydrogens (tertiary/aromatic N) is 8. The summed E-state index contributed by atoms with van der Waals surface area (Å²) < 4.78 is 0. The Labute approximate surface area is 354 Å². The maximum atomic E-state index is 6.45. The highest BCUT2D eigenvalue weighted by molar-refractivity contribution is 6.20. The predicted octanol–water partition coefficient (Wildman–Crippen LogP) is 9.24. The molecule has 0 N–H and O–H groups in total. The van der Waals surface area contributed by atoms with E-state index >= 15 is 0 Å². The lowest BCUT2D eigenvalue weighted by Crippen LogP contribution is -2.65. The molecule has 0 aromatic heterocycles. The van der Waals surface area contributed by atoms with Gasteiger partial charge in [-0.25, -0.2) is 0 Å². The number of likely N-dealkylation sites (N-methyl/N-ethyl adjacent to an activating group) is 3. The molecular formula is C45H96Cl2N8. The van der Waals surface area contributed by atoms with Crippen LogP contribution in [-0.2, 0) is 0 Å². The van der Waals surface area contributed by atoms with E-state index in [1.165, 1.54) is 13.1 Å². The first-order valence-corrected chi connectivity index (χ1v) is 22.3. The van der Waals surface area contributed by atoms with E-state index in [-0.39, 0.29) is 38.4 Å². The van der Waals surface area contributed by atoms with Crippen molar-refractivity contribution in [3.8, 4) is 0 Å². The SMILES string of the molecule is CN1CCN(C(C)(C)C(C)(C)C)C1.CN1CCN(C(C)(C)C(C)(C)C)C[C@@H]1Cl.CN1CCN(C(C)(C)C(C)(C)C)[C@H](Cl)C1.CN1CN(C(C)(C)C(C)(C)C)C1. The van der Waals surface area contributed by atoms with Crippen LogP contribution < -0.4 is 0 Å². The smallest absolute Gasteiger partial charge is 0.0983 e. The maximum absolute atomic E-state index is 6.45. The minimum absolute atomic E-state index is 0.137. The Hall–Kier alpha value is 0.260. The molecule has 2 atom stereocenters. The number of hydrogen-bond donors (Lipinski definition) is 0. The Kier molecular flexibility index (Phi) is 18.7. The lowest BCUT2D eigenvalue weighted by molar-refractivity contribution is -0.116. The Bertz CT molecular complexity index is 1140. The molecule has 0 bridgehead atoms. The van der Waals surface area contributed by atoms with E-state index in [0.29, 0.717) is 16.4 Å². The van der Waals surface area contributed by atoms with Gasteiger partial charge in [0.15, 0.2) is 0 Å². The maximum Gasteiger partial charge on any atom is 0.0983 e. The molecule has 4 saturated heterocycles. The van der Waals surface area contributed by atoms with E-state index in [1.54, 1.807) is 0 Å². The second-order valence-corrected chi connectivity index (χ2v) is 24.7. The van der Waals surface area contributed by atoms with Crippen molar-refractivity contribution in [1.29, 1.82) is 0 Å². The normalized spacial score (nSPS) is 25.0. The number of rotatable bonds is 4. The van der Waals surface area contributed by atoms with Gasteiger partial charge in [-0.3, -0.25) is 34.3 Å². The average molecular weight is 820 g/mol. The summed E-state index contributed by atoms with van der Waals surface area (Å²) in [5.74, 6) is 0. The lowest BCUT2D eigenvalue weighted by Gasteiger charge is -2.55. The number of hydrogen-bond acceptors (Lipinski definition) is 8. The van der Waals surface area contributed by atoms with Crippen molar-refractivity contribution in [3.63, 3.8) is 0 Å². The largest absolute Gasteiger partial charge is 0.302 e. The van der Waals surface area contributed by atoms with Crippen molar-refractivity contribution in [2.24, 2.45) is 21.7 Å². The molecule has 4 rings (SSSR count). The van der Waals surface area contributed by atoms with Crippen LogP contribution in [0, 0.1) is 21.7 Å². The summed E-state index contributed by atoms with van der Waals surface area (Å²) in [6.07, 6.45) is 0. The fourth-order valence-electron chi connectivity index (χ4n) is 6.76. The number of halogens is 2. The molecule has 0 radical (unpaired) electrons. The van der Waals surface area contributed by atoms with E-state index in [2.05, 4.69) is 206 Å². The van der Waals surface area contributed by atoms with Crippen LogP contribution in [0.3, 0.4) is 0 Å². The summed E-state index contributed by atoms with van der Waals surface area (Å²) in [6, 6.07) is 0. The van der Waals surface area contributed by atoms with Crippen LogP contribution in [0.2, 0.25) is 0 Å². The second kappa shape index (κ2) is 19.3. The standard InChI is InChI=1S/2C12H25ClN2.C11H24N2.C10H22N2/c1-11(2,3)12(4,5)15-8-7-14(6)10(13)9-15;1-11(2,3)12(4,5)15-8-7-14(6)9-10(15)13;1-10(2,3)11(4,5)13-8-7-12(6)9-13;1-9(2,3)10(4,5)12-7-11(6)8-12/h2*10H,7-9H2,1-6H3;7-9H2,1-6H3;7-8H2,1-6H3/t2*10-;;/m10../s1. The van der Waals surface area contributed by atoms with E-state index < -0.39 is 0 Å². The van der Waals surface area contributed by atoms with Crippen LogP contribution in [0.1, 0.15) is 138 Å². The van der Waals surface area contributed by atoms with Crippen molar-refractivity contribution in [3.05, 3.63) is 0 Å². The third kappa shape index (κ3) is 13.9. The summed E-state index contributed by atoms with van der Waals surface area (Å²) in [6.45, 7) is 58.3. The topological polar surface area (TPSA) is 25.9 Å². The van der Waals surface area contributed by atoms with Crippen LogP contribution in [0.15, 0.2) is 0 Å². The van der Waals surface area contributed by atoms with Gasteiger partial charge in [0, 0.05) is 74.5 Å². The molecule has 8 nitrogen and oxygen atoms in total. The van der Waals surface area contributed by atoms with Gasteiger partial charge in [0.25, 0.3) is 0 Å². The molecular weight excluding hydrogens is 723 g/mol. The van der Waals surface area contributed by atoms with E-state index in [4.69, 9.17) is 23.2 Å². The fraction of sp³-hybridized carbons (Fsp3) is 1.00. The minimum atomic E-state index is 0.137. The van der Waals surface area contributed by atoms with E-state index in [0.717, 1.165) is 59.3 Å². The number of piperazine rings is 2. The van der Waals surface area contributed by atoms with Crippen LogP contribution in [-0.4, -0.2) is 173 Å². The summed E-state index contributed by atoms with van der Waals surface area (Å²) in [4.78, 5) is 19.3. The highest BCUT2D eigenvalue weighted by Crippen LogP contribution is 2.40. The van der Waals surface area contributed by atoms with Gasteiger partial charge in [-0.2, -0.15) is 0 Å². The van der Waals surface area contributed by atoms with Crippen LogP contribution in [0.5, 0.6) is 0 Å². The van der Waals surface area contributed by atoms with Gasteiger partial charge < -0.3 is 4.90 Å². The molecule has 4 heterocycles. The molecule has 4 fully saturated rings. The van der Waals surface area contributed by atoms with Gasteiger partial charge in [-0.15, -0.1) is 23.2 Å². The summed E-state index contributed by atoms with van der Waals surface area (Å²) >= 11 is 12.8. The quantitative estimate of drug-likeness (QED) is 0.205. The second-order valence-electron chi connectivity index (χ2n) is 23.7. The molecule has 0 saturated carbocycles. The molecule has 0 spiro atoms. The molecule has 0 unspecified atom stereocenters. The van der Waals surface area contributed by atoms with Crippen LogP contribution in [0.25, 0.3) is 0 Å². The average Bonchev–Trinajstić information content (AvgIpc) is 3.42. The van der Waals surface area contributed by atoms with Gasteiger partial charge in [0.05, 0.1) is 31.0 Å². The van der Waals surface area contributed by atoms with Crippen molar-refractivity contribution in [1.82, 2.24) is 39.2 Å². The highest BCUT2D eigenvalue weighted by atomic mass is 35.5. The molecule has 0 aromatic rings. The first kappa shape index (κ1) is 53.3. The van der Waals surface area contributed by atoms with Crippen LogP contribution in [0.4, 0.5) is 0 Å². The zero-order chi connectivity index (χ0) is 43.6. The Balaban J connectivity index is 0.000000368. The molecule has 4 aliphatic rings. The lowest BCUT2D eigenvalue weighted by atomic mass is 9.75. The molecule has 0 amide bonds. The van der Waals surface area contributed by atoms with Gasteiger partial charge in [-0.1, -0.05) is 83.1 Å². The molecule has 4 aliphatic heterocycles. The van der Waals surface area contributed by atoms with E-state index in [1.807, 2.05) is 0 Å². The van der Waals surface area contributed by atoms with Gasteiger partial charge >= 0.3 is 0 Å². The van der Waals surface area contributed by atoms with Crippen molar-refractivity contribution in [2.75, 3.05) is 101 Å². The highest BCUT2D eigenvalue weighted by Gasteiger charge is 2.44. The third-order valence-electron chi connectivity index (χ3n) is 15.5.